The van der Waals surface area contributed by atoms with E-state index in [2.05, 4.69) is 44.7 Å². The number of amides is 1. The molecular formula is C20H24N6O2S. The van der Waals surface area contributed by atoms with Gasteiger partial charge in [0.2, 0.25) is 11.1 Å². The topological polar surface area (TPSA) is 80.3 Å². The van der Waals surface area contributed by atoms with Crippen LogP contribution in [0.5, 0.6) is 0 Å². The van der Waals surface area contributed by atoms with Gasteiger partial charge in [-0.1, -0.05) is 42.1 Å². The molecule has 0 bridgehead atoms. The molecule has 1 aromatic carbocycles. The summed E-state index contributed by atoms with van der Waals surface area (Å²) < 4.78 is 7.01. The first-order chi connectivity index (χ1) is 14.2. The van der Waals surface area contributed by atoms with Gasteiger partial charge in [0.15, 0.2) is 0 Å². The van der Waals surface area contributed by atoms with Crippen molar-refractivity contribution in [1.82, 2.24) is 30.0 Å². The highest BCUT2D eigenvalue weighted by atomic mass is 32.2. The predicted octanol–water partition coefficient (Wildman–Crippen LogP) is 2.14. The summed E-state index contributed by atoms with van der Waals surface area (Å²) in [5, 5.41) is 12.2. The van der Waals surface area contributed by atoms with Crippen molar-refractivity contribution in [2.45, 2.75) is 30.4 Å². The third kappa shape index (κ3) is 5.04. The first kappa shape index (κ1) is 19.7. The van der Waals surface area contributed by atoms with Gasteiger partial charge >= 0.3 is 0 Å². The summed E-state index contributed by atoms with van der Waals surface area (Å²) in [6, 6.07) is 14.1. The number of furan rings is 1. The summed E-state index contributed by atoms with van der Waals surface area (Å²) in [4.78, 5) is 17.2. The number of rotatable bonds is 7. The standard InChI is InChI=1S/C20H24N6O2S/c1-16(29-20-21-22-23-26(20)15-18-8-5-13-28-18)19(27)25-11-9-24(10-12-25)14-17-6-3-2-4-7-17/h2-8,13,16H,9-12,14-15H2,1H3. The van der Waals surface area contributed by atoms with E-state index in [1.54, 1.807) is 10.9 Å². The third-order valence-corrected chi connectivity index (χ3v) is 6.01. The highest BCUT2D eigenvalue weighted by Crippen LogP contribution is 2.23. The molecule has 1 aliphatic heterocycles. The fourth-order valence-electron chi connectivity index (χ4n) is 3.36. The van der Waals surface area contributed by atoms with Crippen LogP contribution in [-0.4, -0.2) is 67.3 Å². The van der Waals surface area contributed by atoms with Gasteiger partial charge in [0.1, 0.15) is 12.3 Å². The Balaban J connectivity index is 1.29. The fraction of sp³-hybridized carbons (Fsp3) is 0.400. The van der Waals surface area contributed by atoms with Crippen LogP contribution in [-0.2, 0) is 17.9 Å². The second-order valence-electron chi connectivity index (χ2n) is 7.05. The van der Waals surface area contributed by atoms with Gasteiger partial charge < -0.3 is 9.32 Å². The number of piperazine rings is 1. The van der Waals surface area contributed by atoms with Gasteiger partial charge in [-0.2, -0.15) is 0 Å². The van der Waals surface area contributed by atoms with Crippen LogP contribution in [0.15, 0.2) is 58.3 Å². The van der Waals surface area contributed by atoms with Gasteiger partial charge in [-0.05, 0) is 35.0 Å². The summed E-state index contributed by atoms with van der Waals surface area (Å²) in [5.74, 6) is 0.898. The smallest absolute Gasteiger partial charge is 0.235 e. The second kappa shape index (κ2) is 9.23. The third-order valence-electron chi connectivity index (χ3n) is 4.95. The van der Waals surface area contributed by atoms with Crippen molar-refractivity contribution in [2.75, 3.05) is 26.2 Å². The van der Waals surface area contributed by atoms with E-state index in [1.807, 2.05) is 30.0 Å². The normalized spacial score (nSPS) is 16.1. The zero-order valence-electron chi connectivity index (χ0n) is 16.3. The van der Waals surface area contributed by atoms with Crippen molar-refractivity contribution in [3.63, 3.8) is 0 Å². The largest absolute Gasteiger partial charge is 0.467 e. The Labute approximate surface area is 173 Å². The maximum atomic E-state index is 12.9. The highest BCUT2D eigenvalue weighted by Gasteiger charge is 2.27. The van der Waals surface area contributed by atoms with Crippen LogP contribution >= 0.6 is 11.8 Å². The van der Waals surface area contributed by atoms with E-state index in [9.17, 15) is 4.79 Å². The minimum absolute atomic E-state index is 0.127. The van der Waals surface area contributed by atoms with Gasteiger partial charge in [0, 0.05) is 32.7 Å². The van der Waals surface area contributed by atoms with Crippen molar-refractivity contribution >= 4 is 17.7 Å². The van der Waals surface area contributed by atoms with Crippen LogP contribution in [0, 0.1) is 0 Å². The summed E-state index contributed by atoms with van der Waals surface area (Å²) in [6.45, 7) is 6.54. The summed E-state index contributed by atoms with van der Waals surface area (Å²) in [5.41, 5.74) is 1.31. The number of aromatic nitrogens is 4. The average molecular weight is 413 g/mol. The molecule has 1 atom stereocenters. The molecule has 1 amide bonds. The number of hydrogen-bond acceptors (Lipinski definition) is 7. The predicted molar refractivity (Wildman–Crippen MR) is 109 cm³/mol. The number of carbonyl (C=O) groups excluding carboxylic acids is 1. The van der Waals surface area contributed by atoms with Crippen molar-refractivity contribution in [3.8, 4) is 0 Å². The molecular weight excluding hydrogens is 388 g/mol. The fourth-order valence-corrected chi connectivity index (χ4v) is 4.24. The maximum Gasteiger partial charge on any atom is 0.235 e. The summed E-state index contributed by atoms with van der Waals surface area (Å²) in [6.07, 6.45) is 1.62. The van der Waals surface area contributed by atoms with Gasteiger partial charge in [-0.15, -0.1) is 5.10 Å². The van der Waals surface area contributed by atoms with Crippen LogP contribution < -0.4 is 0 Å². The molecule has 1 saturated heterocycles. The van der Waals surface area contributed by atoms with Crippen molar-refractivity contribution in [3.05, 3.63) is 60.1 Å². The Morgan fingerprint density at radius 1 is 1.10 bits per heavy atom. The van der Waals surface area contributed by atoms with Crippen molar-refractivity contribution < 1.29 is 9.21 Å². The van der Waals surface area contributed by atoms with Crippen LogP contribution in [0.2, 0.25) is 0 Å². The van der Waals surface area contributed by atoms with Crippen molar-refractivity contribution in [2.24, 2.45) is 0 Å². The lowest BCUT2D eigenvalue weighted by Crippen LogP contribution is -2.50. The number of carbonyl (C=O) groups is 1. The molecule has 3 heterocycles. The first-order valence-electron chi connectivity index (χ1n) is 9.69. The average Bonchev–Trinajstić information content (AvgIpc) is 3.42. The molecule has 4 rings (SSSR count). The maximum absolute atomic E-state index is 12.9. The van der Waals surface area contributed by atoms with Crippen molar-refractivity contribution in [1.29, 1.82) is 0 Å². The molecule has 0 saturated carbocycles. The van der Waals surface area contributed by atoms with Gasteiger partial charge in [-0.25, -0.2) is 4.68 Å². The first-order valence-corrected chi connectivity index (χ1v) is 10.6. The molecule has 8 nitrogen and oxygen atoms in total. The van der Waals surface area contributed by atoms with E-state index in [4.69, 9.17) is 4.42 Å². The van der Waals surface area contributed by atoms with E-state index in [0.717, 1.165) is 38.5 Å². The molecule has 0 spiro atoms. The van der Waals surface area contributed by atoms with Gasteiger partial charge in [0.05, 0.1) is 11.5 Å². The van der Waals surface area contributed by atoms with Crippen LogP contribution in [0.3, 0.4) is 0 Å². The van der Waals surface area contributed by atoms with E-state index >= 15 is 0 Å². The van der Waals surface area contributed by atoms with Crippen LogP contribution in [0.25, 0.3) is 0 Å². The quantitative estimate of drug-likeness (QED) is 0.550. The molecule has 29 heavy (non-hydrogen) atoms. The second-order valence-corrected chi connectivity index (χ2v) is 8.35. The number of nitrogens with zero attached hydrogens (tertiary/aromatic N) is 6. The Morgan fingerprint density at radius 3 is 2.62 bits per heavy atom. The van der Waals surface area contributed by atoms with Crippen LogP contribution in [0.1, 0.15) is 18.2 Å². The van der Waals surface area contributed by atoms with Gasteiger partial charge in [0.25, 0.3) is 0 Å². The molecule has 1 aliphatic rings. The lowest BCUT2D eigenvalue weighted by atomic mass is 10.2. The lowest BCUT2D eigenvalue weighted by Gasteiger charge is -2.35. The molecule has 0 N–H and O–H groups in total. The summed E-state index contributed by atoms with van der Waals surface area (Å²) in [7, 11) is 0. The summed E-state index contributed by atoms with van der Waals surface area (Å²) >= 11 is 1.38. The van der Waals surface area contributed by atoms with Crippen LogP contribution in [0.4, 0.5) is 0 Å². The molecule has 0 aliphatic carbocycles. The Kier molecular flexibility index (Phi) is 6.26. The number of thioether (sulfide) groups is 1. The molecule has 0 radical (unpaired) electrons. The van der Waals surface area contributed by atoms with E-state index in [-0.39, 0.29) is 11.2 Å². The monoisotopic (exact) mass is 412 g/mol. The molecule has 9 heteroatoms. The molecule has 3 aromatic rings. The number of hydrogen-bond donors (Lipinski definition) is 0. The van der Waals surface area contributed by atoms with E-state index in [0.29, 0.717) is 11.7 Å². The lowest BCUT2D eigenvalue weighted by molar-refractivity contribution is -0.132. The minimum Gasteiger partial charge on any atom is -0.467 e. The number of benzene rings is 1. The molecule has 1 unspecified atom stereocenters. The molecule has 2 aromatic heterocycles. The number of tetrazole rings is 1. The SMILES string of the molecule is CC(Sc1nnnn1Cc1ccco1)C(=O)N1CCN(Cc2ccccc2)CC1. The van der Waals surface area contributed by atoms with E-state index < -0.39 is 0 Å². The zero-order chi connectivity index (χ0) is 20.1. The Hall–Kier alpha value is -2.65. The highest BCUT2D eigenvalue weighted by molar-refractivity contribution is 8.00. The molecule has 1 fully saturated rings. The molecule has 152 valence electrons. The van der Waals surface area contributed by atoms with Gasteiger partial charge in [-0.3, -0.25) is 9.69 Å². The van der Waals surface area contributed by atoms with E-state index in [1.165, 1.54) is 17.3 Å². The minimum atomic E-state index is -0.253. The Morgan fingerprint density at radius 2 is 1.90 bits per heavy atom. The Bertz CT molecular complexity index is 906. The zero-order valence-corrected chi connectivity index (χ0v) is 17.2.